The van der Waals surface area contributed by atoms with E-state index in [-0.39, 0.29) is 0 Å². The summed E-state index contributed by atoms with van der Waals surface area (Å²) in [5, 5.41) is 0. The quantitative estimate of drug-likeness (QED) is 0.551. The normalized spacial score (nSPS) is 8.89. The van der Waals surface area contributed by atoms with Crippen molar-refractivity contribution in [1.29, 1.82) is 0 Å². The number of carbonyl (C=O) groups is 1. The van der Waals surface area contributed by atoms with Gasteiger partial charge in [-0.15, -0.1) is 0 Å². The lowest BCUT2D eigenvalue weighted by molar-refractivity contribution is 0.0999. The summed E-state index contributed by atoms with van der Waals surface area (Å²) in [4.78, 5) is 17.5. The molecule has 1 heterocycles. The fourth-order valence-corrected chi connectivity index (χ4v) is 0.426. The predicted molar refractivity (Wildman–Crippen MR) is 30.5 cm³/mol. The van der Waals surface area contributed by atoms with Crippen LogP contribution in [0.25, 0.3) is 0 Å². The molecule has 46 valence electrons. The summed E-state index contributed by atoms with van der Waals surface area (Å²) in [5.41, 5.74) is 5.23. The van der Waals surface area contributed by atoms with Crippen molar-refractivity contribution >= 4 is 5.91 Å². The molecule has 0 saturated heterocycles. The predicted octanol–water partition coefficient (Wildman–Crippen LogP) is -0.425. The average molecular weight is 123 g/mol. The lowest BCUT2D eigenvalue weighted by atomic mass is 10.3. The van der Waals surface area contributed by atoms with Crippen molar-refractivity contribution < 1.29 is 4.79 Å². The number of primary amides is 1. The number of hydrogen-bond acceptors (Lipinski definition) is 3. The second-order valence-electron chi connectivity index (χ2n) is 1.49. The Kier molecular flexibility index (Phi) is 1.40. The average Bonchev–Trinajstić information content (AvgIpc) is 1.90. The molecule has 0 aromatic carbocycles. The number of amides is 1. The molecule has 0 aliphatic heterocycles. The van der Waals surface area contributed by atoms with E-state index in [2.05, 4.69) is 9.97 Å². The lowest BCUT2D eigenvalue weighted by Gasteiger charge is -1.88. The van der Waals surface area contributed by atoms with Crippen molar-refractivity contribution in [2.24, 2.45) is 5.73 Å². The summed E-state index contributed by atoms with van der Waals surface area (Å²) in [5.74, 6) is -0.504. The fraction of sp³-hybridized carbons (Fsp3) is 0. The highest BCUT2D eigenvalue weighted by Crippen LogP contribution is 1.87. The van der Waals surface area contributed by atoms with Crippen molar-refractivity contribution in [3.8, 4) is 0 Å². The Labute approximate surface area is 51.7 Å². The van der Waals surface area contributed by atoms with Gasteiger partial charge in [0.2, 0.25) is 0 Å². The maximum Gasteiger partial charge on any atom is 0.251 e. The van der Waals surface area contributed by atoms with Crippen LogP contribution in [0.15, 0.2) is 18.7 Å². The van der Waals surface area contributed by atoms with Gasteiger partial charge in [-0.2, -0.15) is 0 Å². The van der Waals surface area contributed by atoms with Gasteiger partial charge in [-0.05, 0) is 0 Å². The standard InChI is InChI=1S/C5H5N3O/c6-5(9)4-1-7-3-8-2-4/h1-3H,(H2,6,9). The van der Waals surface area contributed by atoms with Gasteiger partial charge in [0, 0.05) is 12.4 Å². The molecule has 0 aliphatic rings. The van der Waals surface area contributed by atoms with Gasteiger partial charge < -0.3 is 5.73 Å². The largest absolute Gasteiger partial charge is 0.366 e. The van der Waals surface area contributed by atoms with Gasteiger partial charge in [-0.25, -0.2) is 9.97 Å². The van der Waals surface area contributed by atoms with Gasteiger partial charge in [0.1, 0.15) is 6.33 Å². The molecule has 0 saturated carbocycles. The molecule has 2 N–H and O–H groups in total. The molecule has 1 rings (SSSR count). The van der Waals surface area contributed by atoms with Crippen LogP contribution in [0.2, 0.25) is 0 Å². The molecule has 1 aromatic heterocycles. The van der Waals surface area contributed by atoms with Crippen molar-refractivity contribution in [3.63, 3.8) is 0 Å². The first-order valence-electron chi connectivity index (χ1n) is 2.35. The van der Waals surface area contributed by atoms with Crippen LogP contribution in [0.1, 0.15) is 10.4 Å². The van der Waals surface area contributed by atoms with E-state index in [4.69, 9.17) is 5.73 Å². The van der Waals surface area contributed by atoms with E-state index in [9.17, 15) is 4.79 Å². The molecule has 4 nitrogen and oxygen atoms in total. The van der Waals surface area contributed by atoms with E-state index in [0.29, 0.717) is 5.56 Å². The van der Waals surface area contributed by atoms with Gasteiger partial charge in [-0.1, -0.05) is 0 Å². The Hall–Kier alpha value is -1.45. The molecule has 0 radical (unpaired) electrons. The third-order valence-electron chi connectivity index (χ3n) is 0.845. The number of hydrogen-bond donors (Lipinski definition) is 1. The zero-order valence-electron chi connectivity index (χ0n) is 4.61. The fourth-order valence-electron chi connectivity index (χ4n) is 0.426. The Morgan fingerprint density at radius 3 is 2.33 bits per heavy atom. The van der Waals surface area contributed by atoms with Crippen LogP contribution in [-0.4, -0.2) is 15.9 Å². The maximum absolute atomic E-state index is 10.3. The maximum atomic E-state index is 10.3. The minimum absolute atomic E-state index is 0.331. The zero-order valence-corrected chi connectivity index (χ0v) is 4.61. The molecular formula is C5H5N3O. The summed E-state index contributed by atoms with van der Waals surface area (Å²) in [7, 11) is 0. The van der Waals surface area contributed by atoms with Crippen LogP contribution >= 0.6 is 0 Å². The number of rotatable bonds is 1. The summed E-state index contributed by atoms with van der Waals surface area (Å²) < 4.78 is 0. The van der Waals surface area contributed by atoms with Crippen LogP contribution in [0.4, 0.5) is 0 Å². The number of nitrogens with zero attached hydrogens (tertiary/aromatic N) is 2. The highest BCUT2D eigenvalue weighted by Gasteiger charge is 1.96. The molecule has 0 spiro atoms. The van der Waals surface area contributed by atoms with E-state index in [1.54, 1.807) is 0 Å². The minimum atomic E-state index is -0.504. The molecular weight excluding hydrogens is 118 g/mol. The summed E-state index contributed by atoms with van der Waals surface area (Å²) in [6.45, 7) is 0. The molecule has 1 amide bonds. The van der Waals surface area contributed by atoms with Crippen molar-refractivity contribution in [1.82, 2.24) is 9.97 Å². The molecule has 4 heteroatoms. The molecule has 0 unspecified atom stereocenters. The molecule has 0 aliphatic carbocycles. The minimum Gasteiger partial charge on any atom is -0.366 e. The first-order chi connectivity index (χ1) is 4.30. The number of nitrogens with two attached hydrogens (primary N) is 1. The lowest BCUT2D eigenvalue weighted by Crippen LogP contribution is -2.11. The third kappa shape index (κ3) is 1.22. The molecule has 0 fully saturated rings. The van der Waals surface area contributed by atoms with Crippen LogP contribution in [-0.2, 0) is 0 Å². The second-order valence-corrected chi connectivity index (χ2v) is 1.49. The molecule has 9 heavy (non-hydrogen) atoms. The van der Waals surface area contributed by atoms with Crippen LogP contribution in [0, 0.1) is 0 Å². The molecule has 1 aromatic rings. The monoisotopic (exact) mass is 123 g/mol. The Morgan fingerprint density at radius 1 is 1.44 bits per heavy atom. The zero-order chi connectivity index (χ0) is 6.69. The Balaban J connectivity index is 2.98. The summed E-state index contributed by atoms with van der Waals surface area (Å²) >= 11 is 0. The van der Waals surface area contributed by atoms with Gasteiger partial charge >= 0.3 is 0 Å². The van der Waals surface area contributed by atoms with Crippen molar-refractivity contribution in [2.75, 3.05) is 0 Å². The highest BCUT2D eigenvalue weighted by molar-refractivity contribution is 5.91. The van der Waals surface area contributed by atoms with Crippen LogP contribution < -0.4 is 5.73 Å². The highest BCUT2D eigenvalue weighted by atomic mass is 16.1. The van der Waals surface area contributed by atoms with E-state index >= 15 is 0 Å². The number of aromatic nitrogens is 2. The smallest absolute Gasteiger partial charge is 0.251 e. The first kappa shape index (κ1) is 5.68. The van der Waals surface area contributed by atoms with Crippen LogP contribution in [0.3, 0.4) is 0 Å². The van der Waals surface area contributed by atoms with Crippen molar-refractivity contribution in [2.45, 2.75) is 0 Å². The third-order valence-corrected chi connectivity index (χ3v) is 0.845. The Morgan fingerprint density at radius 2 is 2.00 bits per heavy atom. The second kappa shape index (κ2) is 2.21. The summed E-state index contributed by atoms with van der Waals surface area (Å²) in [6.07, 6.45) is 4.08. The number of carbonyl (C=O) groups excluding carboxylic acids is 1. The SMILES string of the molecule is NC(=O)c1cncnc1. The Bertz CT molecular complexity index is 209. The topological polar surface area (TPSA) is 68.9 Å². The van der Waals surface area contributed by atoms with E-state index < -0.39 is 5.91 Å². The molecule has 0 bridgehead atoms. The molecule has 0 atom stereocenters. The van der Waals surface area contributed by atoms with E-state index in [0.717, 1.165) is 0 Å². The van der Waals surface area contributed by atoms with Gasteiger partial charge in [0.25, 0.3) is 5.91 Å². The van der Waals surface area contributed by atoms with Gasteiger partial charge in [-0.3, -0.25) is 4.79 Å². The van der Waals surface area contributed by atoms with Crippen LogP contribution in [0.5, 0.6) is 0 Å². The van der Waals surface area contributed by atoms with Gasteiger partial charge in [0.05, 0.1) is 5.56 Å². The van der Waals surface area contributed by atoms with E-state index in [1.807, 2.05) is 0 Å². The van der Waals surface area contributed by atoms with E-state index in [1.165, 1.54) is 18.7 Å². The van der Waals surface area contributed by atoms with Crippen molar-refractivity contribution in [3.05, 3.63) is 24.3 Å². The first-order valence-corrected chi connectivity index (χ1v) is 2.35. The van der Waals surface area contributed by atoms with Gasteiger partial charge in [0.15, 0.2) is 0 Å². The summed E-state index contributed by atoms with van der Waals surface area (Å²) in [6, 6.07) is 0.